The molecule has 0 saturated carbocycles. The fraction of sp³-hybridized carbons (Fsp3) is 0.0455. The number of benzene rings is 3. The SMILES string of the molecule is O=C(O)c1ccccc1C(=O)Nc1ccc2nc(SCc3ccccc3Cl)sc2c1. The molecule has 0 aliphatic rings. The van der Waals surface area contributed by atoms with E-state index < -0.39 is 11.9 Å². The maximum absolute atomic E-state index is 12.6. The number of nitrogens with one attached hydrogen (secondary N) is 1. The number of hydrogen-bond donors (Lipinski definition) is 2. The van der Waals surface area contributed by atoms with Crippen molar-refractivity contribution in [3.8, 4) is 0 Å². The van der Waals surface area contributed by atoms with Crippen LogP contribution in [0.4, 0.5) is 5.69 Å². The molecule has 0 spiro atoms. The number of carboxylic acids is 1. The van der Waals surface area contributed by atoms with E-state index in [-0.39, 0.29) is 11.1 Å². The second-order valence-corrected chi connectivity index (χ2v) is 9.01. The fourth-order valence-corrected chi connectivity index (χ4v) is 5.26. The van der Waals surface area contributed by atoms with Crippen LogP contribution in [0.15, 0.2) is 71.1 Å². The van der Waals surface area contributed by atoms with Crippen LogP contribution in [0.1, 0.15) is 26.3 Å². The molecule has 1 aromatic heterocycles. The molecule has 0 unspecified atom stereocenters. The molecule has 0 saturated heterocycles. The first-order valence-electron chi connectivity index (χ1n) is 8.92. The van der Waals surface area contributed by atoms with Crippen LogP contribution in [0, 0.1) is 0 Å². The summed E-state index contributed by atoms with van der Waals surface area (Å²) in [5, 5.41) is 12.8. The third-order valence-corrected chi connectivity index (χ3v) is 6.92. The zero-order chi connectivity index (χ0) is 21.1. The van der Waals surface area contributed by atoms with Gasteiger partial charge >= 0.3 is 5.97 Å². The smallest absolute Gasteiger partial charge is 0.336 e. The van der Waals surface area contributed by atoms with Gasteiger partial charge in [0.15, 0.2) is 4.34 Å². The molecule has 0 atom stereocenters. The Labute approximate surface area is 185 Å². The molecule has 0 radical (unpaired) electrons. The first-order valence-corrected chi connectivity index (χ1v) is 11.1. The lowest BCUT2D eigenvalue weighted by atomic mass is 10.1. The van der Waals surface area contributed by atoms with Crippen LogP contribution >= 0.6 is 34.7 Å². The molecule has 2 N–H and O–H groups in total. The highest BCUT2D eigenvalue weighted by molar-refractivity contribution is 8.00. The van der Waals surface area contributed by atoms with E-state index in [1.807, 2.05) is 36.4 Å². The predicted molar refractivity (Wildman–Crippen MR) is 122 cm³/mol. The Morgan fingerprint density at radius 1 is 1.03 bits per heavy atom. The molecular weight excluding hydrogens is 440 g/mol. The van der Waals surface area contributed by atoms with Crippen LogP contribution < -0.4 is 5.32 Å². The largest absolute Gasteiger partial charge is 0.478 e. The Kier molecular flexibility index (Phi) is 6.03. The number of thioether (sulfide) groups is 1. The van der Waals surface area contributed by atoms with Crippen molar-refractivity contribution in [1.82, 2.24) is 4.98 Å². The summed E-state index contributed by atoms with van der Waals surface area (Å²) >= 11 is 9.35. The zero-order valence-electron chi connectivity index (χ0n) is 15.5. The maximum Gasteiger partial charge on any atom is 0.336 e. The summed E-state index contributed by atoms with van der Waals surface area (Å²) in [4.78, 5) is 28.5. The number of amides is 1. The molecule has 0 bridgehead atoms. The Bertz CT molecular complexity index is 1260. The lowest BCUT2D eigenvalue weighted by molar-refractivity contribution is 0.0692. The predicted octanol–water partition coefficient (Wildman–Crippen LogP) is 6.19. The first-order chi connectivity index (χ1) is 14.5. The van der Waals surface area contributed by atoms with E-state index in [0.29, 0.717) is 5.69 Å². The lowest BCUT2D eigenvalue weighted by Crippen LogP contribution is -2.16. The minimum Gasteiger partial charge on any atom is -0.478 e. The summed E-state index contributed by atoms with van der Waals surface area (Å²) in [6.07, 6.45) is 0. The van der Waals surface area contributed by atoms with Crippen molar-refractivity contribution in [3.63, 3.8) is 0 Å². The summed E-state index contributed by atoms with van der Waals surface area (Å²) in [6.45, 7) is 0. The Balaban J connectivity index is 1.51. The van der Waals surface area contributed by atoms with Gasteiger partial charge in [0.05, 0.1) is 21.3 Å². The molecule has 150 valence electrons. The number of carbonyl (C=O) groups excluding carboxylic acids is 1. The number of rotatable bonds is 6. The van der Waals surface area contributed by atoms with E-state index in [1.54, 1.807) is 30.0 Å². The number of fused-ring (bicyclic) bond motifs is 1. The van der Waals surface area contributed by atoms with Gasteiger partial charge in [-0.15, -0.1) is 11.3 Å². The number of carboxylic acid groups (broad SMARTS) is 1. The molecular formula is C22H15ClN2O3S2. The molecule has 5 nitrogen and oxygen atoms in total. The number of aromatic carboxylic acids is 1. The number of thiazole rings is 1. The van der Waals surface area contributed by atoms with Gasteiger partial charge in [0.2, 0.25) is 0 Å². The van der Waals surface area contributed by atoms with Gasteiger partial charge in [-0.2, -0.15) is 0 Å². The highest BCUT2D eigenvalue weighted by atomic mass is 35.5. The minimum atomic E-state index is -1.14. The number of hydrogen-bond acceptors (Lipinski definition) is 5. The van der Waals surface area contributed by atoms with Crippen LogP contribution in [0.2, 0.25) is 5.02 Å². The second-order valence-electron chi connectivity index (χ2n) is 6.35. The number of nitrogens with zero attached hydrogens (tertiary/aromatic N) is 1. The van der Waals surface area contributed by atoms with Crippen molar-refractivity contribution < 1.29 is 14.7 Å². The normalized spacial score (nSPS) is 10.8. The molecule has 3 aromatic carbocycles. The van der Waals surface area contributed by atoms with Gasteiger partial charge < -0.3 is 10.4 Å². The van der Waals surface area contributed by atoms with Gasteiger partial charge in [-0.1, -0.05) is 53.7 Å². The van der Waals surface area contributed by atoms with Crippen LogP contribution in [-0.4, -0.2) is 22.0 Å². The van der Waals surface area contributed by atoms with Crippen LogP contribution in [0.3, 0.4) is 0 Å². The molecule has 4 rings (SSSR count). The molecule has 30 heavy (non-hydrogen) atoms. The van der Waals surface area contributed by atoms with Crippen molar-refractivity contribution in [3.05, 3.63) is 88.4 Å². The first kappa shape index (κ1) is 20.4. The summed E-state index contributed by atoms with van der Waals surface area (Å²) in [6, 6.07) is 19.3. The summed E-state index contributed by atoms with van der Waals surface area (Å²) in [5.74, 6) is -0.890. The summed E-state index contributed by atoms with van der Waals surface area (Å²) < 4.78 is 1.84. The molecule has 0 aliphatic carbocycles. The lowest BCUT2D eigenvalue weighted by Gasteiger charge is -2.07. The number of anilines is 1. The third-order valence-electron chi connectivity index (χ3n) is 4.34. The van der Waals surface area contributed by atoms with Gasteiger partial charge in [-0.25, -0.2) is 9.78 Å². The van der Waals surface area contributed by atoms with Gasteiger partial charge in [-0.05, 0) is 42.0 Å². The van der Waals surface area contributed by atoms with E-state index in [9.17, 15) is 14.7 Å². The van der Waals surface area contributed by atoms with Gasteiger partial charge in [-0.3, -0.25) is 4.79 Å². The molecule has 0 fully saturated rings. The number of carbonyl (C=O) groups is 2. The molecule has 1 heterocycles. The standard InChI is InChI=1S/C22H15ClN2O3S2/c23-17-8-4-1-5-13(17)12-29-22-25-18-10-9-14(11-19(18)30-22)24-20(26)15-6-2-3-7-16(15)21(27)28/h1-11H,12H2,(H,24,26)(H,27,28). The summed E-state index contributed by atoms with van der Waals surface area (Å²) in [7, 11) is 0. The maximum atomic E-state index is 12.6. The highest BCUT2D eigenvalue weighted by Crippen LogP contribution is 2.34. The topological polar surface area (TPSA) is 79.3 Å². The van der Waals surface area contributed by atoms with E-state index >= 15 is 0 Å². The fourth-order valence-electron chi connectivity index (χ4n) is 2.86. The van der Waals surface area contributed by atoms with E-state index in [2.05, 4.69) is 10.3 Å². The van der Waals surface area contributed by atoms with Crippen molar-refractivity contribution in [2.24, 2.45) is 0 Å². The molecule has 4 aromatic rings. The Morgan fingerprint density at radius 2 is 1.77 bits per heavy atom. The quantitative estimate of drug-likeness (QED) is 0.339. The summed E-state index contributed by atoms with van der Waals surface area (Å²) in [5.41, 5.74) is 2.55. The molecule has 0 aliphatic heterocycles. The Morgan fingerprint density at radius 3 is 2.53 bits per heavy atom. The monoisotopic (exact) mass is 454 g/mol. The van der Waals surface area contributed by atoms with Crippen LogP contribution in [-0.2, 0) is 5.75 Å². The number of halogens is 1. The van der Waals surface area contributed by atoms with Gasteiger partial charge in [0.25, 0.3) is 5.91 Å². The van der Waals surface area contributed by atoms with Crippen LogP contribution in [0.25, 0.3) is 10.2 Å². The molecule has 1 amide bonds. The van der Waals surface area contributed by atoms with Crippen molar-refractivity contribution in [1.29, 1.82) is 0 Å². The molecule has 8 heteroatoms. The van der Waals surface area contributed by atoms with E-state index in [4.69, 9.17) is 11.6 Å². The van der Waals surface area contributed by atoms with Crippen molar-refractivity contribution in [2.45, 2.75) is 10.1 Å². The van der Waals surface area contributed by atoms with Gasteiger partial charge in [0.1, 0.15) is 0 Å². The average Bonchev–Trinajstić information content (AvgIpc) is 3.15. The van der Waals surface area contributed by atoms with E-state index in [1.165, 1.54) is 23.5 Å². The zero-order valence-corrected chi connectivity index (χ0v) is 17.9. The average molecular weight is 455 g/mol. The minimum absolute atomic E-state index is 0.0351. The third kappa shape index (κ3) is 4.48. The van der Waals surface area contributed by atoms with Gasteiger partial charge in [0, 0.05) is 16.5 Å². The van der Waals surface area contributed by atoms with Crippen LogP contribution in [0.5, 0.6) is 0 Å². The van der Waals surface area contributed by atoms with Crippen molar-refractivity contribution in [2.75, 3.05) is 5.32 Å². The number of aromatic nitrogens is 1. The Hall–Kier alpha value is -2.87. The van der Waals surface area contributed by atoms with E-state index in [0.717, 1.165) is 30.9 Å². The van der Waals surface area contributed by atoms with Crippen molar-refractivity contribution >= 4 is 62.5 Å². The second kappa shape index (κ2) is 8.87. The highest BCUT2D eigenvalue weighted by Gasteiger charge is 2.16.